The second kappa shape index (κ2) is 18.2. The van der Waals surface area contributed by atoms with Crippen molar-refractivity contribution in [2.75, 3.05) is 0 Å². The van der Waals surface area contributed by atoms with Gasteiger partial charge in [-0.1, -0.05) is 57.2 Å². The van der Waals surface area contributed by atoms with Crippen molar-refractivity contribution in [3.8, 4) is 11.5 Å². The van der Waals surface area contributed by atoms with Gasteiger partial charge in [-0.3, -0.25) is 0 Å². The smallest absolute Gasteiger partial charge is 0.459 e. The van der Waals surface area contributed by atoms with Gasteiger partial charge in [0.1, 0.15) is 23.2 Å². The van der Waals surface area contributed by atoms with E-state index in [1.54, 1.807) is 54.6 Å². The molecule has 0 saturated carbocycles. The standard InChI is InChI=1S/C52H73O14PSi/c1-31-36(66-68(7,8)50(2,3)4)25-38-37(54-31)28-45-35(55-38)20-22-48-52(6,62-45)30-46-43(59-48)27-40-41(58-46)26-39-42(57-40)29-44-34(56-39)19-21-47-51(5,61-44)24-23-49(60-47)65-67(53,63-32-15-11-9-12-16-32)64-33-17-13-10-14-18-33/h9-18,23,31,34-48H,19-22,24-30H2,1-8H3/t31-,34+,35+,36+,37+,38-,39-,40-,41+,42+,43+,44-,45-,46-,47-,48-,51+,52+/m1/s1. The highest BCUT2D eigenvalue weighted by Gasteiger charge is 2.59. The van der Waals surface area contributed by atoms with Gasteiger partial charge >= 0.3 is 7.82 Å². The molecule has 374 valence electrons. The summed E-state index contributed by atoms with van der Waals surface area (Å²) < 4.78 is 101. The number of ether oxygens (including phenoxy) is 9. The lowest BCUT2D eigenvalue weighted by atomic mass is 9.80. The number of phosphoric acid groups is 1. The van der Waals surface area contributed by atoms with Crippen LogP contribution in [0.25, 0.3) is 0 Å². The third-order valence-corrected chi connectivity index (χ3v) is 22.8. The molecule has 0 aromatic heterocycles. The molecule has 18 atom stereocenters. The molecule has 8 saturated heterocycles. The zero-order valence-electron chi connectivity index (χ0n) is 41.0. The van der Waals surface area contributed by atoms with E-state index in [9.17, 15) is 4.57 Å². The summed E-state index contributed by atoms with van der Waals surface area (Å²) in [6, 6.07) is 17.7. The zero-order chi connectivity index (χ0) is 47.2. The molecule has 2 aromatic rings. The van der Waals surface area contributed by atoms with Crippen LogP contribution in [0, 0.1) is 0 Å². The van der Waals surface area contributed by atoms with Gasteiger partial charge in [-0.25, -0.2) is 0 Å². The van der Waals surface area contributed by atoms with Crippen LogP contribution in [-0.4, -0.2) is 117 Å². The largest absolute Gasteiger partial charge is 0.649 e. The van der Waals surface area contributed by atoms with Crippen LogP contribution in [0.15, 0.2) is 72.7 Å². The fourth-order valence-corrected chi connectivity index (χ4v) is 14.8. The fraction of sp³-hybridized carbons (Fsp3) is 0.731. The molecule has 9 heterocycles. The lowest BCUT2D eigenvalue weighted by Crippen LogP contribution is -2.65. The molecule has 9 aliphatic heterocycles. The van der Waals surface area contributed by atoms with Gasteiger partial charge in [-0.15, -0.1) is 0 Å². The predicted molar refractivity (Wildman–Crippen MR) is 253 cm³/mol. The first-order chi connectivity index (χ1) is 32.4. The summed E-state index contributed by atoms with van der Waals surface area (Å²) in [5, 5.41) is 0.125. The average molecular weight is 981 g/mol. The molecule has 11 rings (SSSR count). The van der Waals surface area contributed by atoms with Gasteiger partial charge in [0.25, 0.3) is 5.95 Å². The Labute approximate surface area is 403 Å². The van der Waals surface area contributed by atoms with Gasteiger partial charge in [0.2, 0.25) is 0 Å². The monoisotopic (exact) mass is 980 g/mol. The van der Waals surface area contributed by atoms with Gasteiger partial charge in [0.05, 0.1) is 97.2 Å². The van der Waals surface area contributed by atoms with Crippen LogP contribution in [0.1, 0.15) is 112 Å². The van der Waals surface area contributed by atoms with Crippen LogP contribution in [-0.2, 0) is 56.1 Å². The van der Waals surface area contributed by atoms with E-state index < -0.39 is 27.3 Å². The highest BCUT2D eigenvalue weighted by Crippen LogP contribution is 2.54. The Bertz CT molecular complexity index is 2130. The molecule has 14 nitrogen and oxygen atoms in total. The van der Waals surface area contributed by atoms with E-state index in [0.717, 1.165) is 44.9 Å². The van der Waals surface area contributed by atoms with E-state index in [4.69, 9.17) is 60.6 Å². The van der Waals surface area contributed by atoms with E-state index in [-0.39, 0.29) is 109 Å². The lowest BCUT2D eigenvalue weighted by molar-refractivity contribution is -0.325. The summed E-state index contributed by atoms with van der Waals surface area (Å²) in [5.74, 6) is 0.784. The molecule has 0 radical (unpaired) electrons. The molecule has 0 N–H and O–H groups in total. The Hall–Kier alpha value is -2.53. The van der Waals surface area contributed by atoms with Gasteiger partial charge in [0.15, 0.2) is 8.32 Å². The number of benzene rings is 2. The number of rotatable bonds is 8. The van der Waals surface area contributed by atoms with Crippen LogP contribution in [0.4, 0.5) is 0 Å². The predicted octanol–water partition coefficient (Wildman–Crippen LogP) is 10.1. The van der Waals surface area contributed by atoms with Crippen molar-refractivity contribution >= 4 is 16.1 Å². The molecule has 8 fully saturated rings. The quantitative estimate of drug-likeness (QED) is 0.183. The van der Waals surface area contributed by atoms with Crippen molar-refractivity contribution in [2.45, 2.75) is 239 Å². The van der Waals surface area contributed by atoms with Crippen LogP contribution >= 0.6 is 7.82 Å². The summed E-state index contributed by atoms with van der Waals surface area (Å²) in [5.41, 5.74) is -1.19. The first-order valence-corrected chi connectivity index (χ1v) is 29.9. The highest BCUT2D eigenvalue weighted by atomic mass is 31.2. The second-order valence-corrected chi connectivity index (χ2v) is 29.2. The number of hydrogen-bond donors (Lipinski definition) is 0. The zero-order valence-corrected chi connectivity index (χ0v) is 42.9. The molecule has 0 bridgehead atoms. The Kier molecular flexibility index (Phi) is 12.8. The van der Waals surface area contributed by atoms with Gasteiger partial charge in [-0.2, -0.15) is 4.57 Å². The summed E-state index contributed by atoms with van der Waals surface area (Å²) in [6.45, 7) is 18.0. The van der Waals surface area contributed by atoms with E-state index in [0.29, 0.717) is 37.2 Å². The number of phosphoric ester groups is 1. The van der Waals surface area contributed by atoms with Gasteiger partial charge in [0, 0.05) is 44.9 Å². The number of fused-ring (bicyclic) bond motifs is 8. The molecule has 0 aliphatic carbocycles. The van der Waals surface area contributed by atoms with Crippen LogP contribution in [0.5, 0.6) is 11.5 Å². The van der Waals surface area contributed by atoms with E-state index in [2.05, 4.69) is 54.6 Å². The normalized spacial score (nSPS) is 43.5. The summed E-state index contributed by atoms with van der Waals surface area (Å²) in [7, 11) is -6.21. The molecule has 0 amide bonds. The SMILES string of the molecule is C[C@H]1O[C@H]2C[C@H]3O[C@@]4(C)C[C@H]5O[C@H]6C[C@H]7O[C@H]8CC[C@H]9OC(OP(=O)(Oc%10ccccc%10)Oc%10ccccc%10)=CC[C@]9(C)O[C@@H]8C[C@@H]7O[C@@H]6C[C@@H]5O[C@@H]4CC[C@@H]3O[C@@H]2C[C@@H]1O[Si](C)(C)C(C)(C)C. The molecule has 0 spiro atoms. The van der Waals surface area contributed by atoms with Crippen LogP contribution in [0.3, 0.4) is 0 Å². The third kappa shape index (κ3) is 9.50. The first kappa shape index (κ1) is 47.8. The summed E-state index contributed by atoms with van der Waals surface area (Å²) in [4.78, 5) is 0. The second-order valence-electron chi connectivity index (χ2n) is 23.0. The van der Waals surface area contributed by atoms with Crippen LogP contribution < -0.4 is 9.05 Å². The first-order valence-electron chi connectivity index (χ1n) is 25.5. The fourth-order valence-electron chi connectivity index (χ4n) is 12.2. The van der Waals surface area contributed by atoms with Gasteiger partial charge in [-0.05, 0) is 94.9 Å². The minimum atomic E-state index is -4.23. The molecule has 0 unspecified atom stereocenters. The maximum Gasteiger partial charge on any atom is 0.649 e. The lowest BCUT2D eigenvalue weighted by Gasteiger charge is -2.55. The molecule has 16 heteroatoms. The van der Waals surface area contributed by atoms with E-state index in [1.165, 1.54) is 0 Å². The van der Waals surface area contributed by atoms with Crippen molar-refractivity contribution in [1.82, 2.24) is 0 Å². The minimum absolute atomic E-state index is 0.00325. The van der Waals surface area contributed by atoms with Crippen molar-refractivity contribution < 1.29 is 65.2 Å². The molecule has 68 heavy (non-hydrogen) atoms. The summed E-state index contributed by atoms with van der Waals surface area (Å²) >= 11 is 0. The van der Waals surface area contributed by atoms with E-state index in [1.807, 2.05) is 12.1 Å². The van der Waals surface area contributed by atoms with Gasteiger partial charge < -0.3 is 60.6 Å². The van der Waals surface area contributed by atoms with Crippen molar-refractivity contribution in [1.29, 1.82) is 0 Å². The Morgan fingerprint density at radius 2 is 1.06 bits per heavy atom. The molecular weight excluding hydrogens is 908 g/mol. The number of para-hydroxylation sites is 2. The minimum Gasteiger partial charge on any atom is -0.459 e. The van der Waals surface area contributed by atoms with Crippen molar-refractivity contribution in [3.05, 3.63) is 72.7 Å². The third-order valence-electron chi connectivity index (χ3n) is 17.0. The van der Waals surface area contributed by atoms with Crippen molar-refractivity contribution in [2.24, 2.45) is 0 Å². The maximum atomic E-state index is 14.2. The summed E-state index contributed by atoms with van der Waals surface area (Å²) in [6.07, 6.45) is 8.39. The molecule has 9 aliphatic rings. The Balaban J connectivity index is 0.712. The molecule has 2 aromatic carbocycles. The van der Waals surface area contributed by atoms with Crippen LogP contribution in [0.2, 0.25) is 18.1 Å². The average Bonchev–Trinajstić information content (AvgIpc) is 3.51. The Morgan fingerprint density at radius 1 is 0.574 bits per heavy atom. The van der Waals surface area contributed by atoms with Crippen molar-refractivity contribution in [3.63, 3.8) is 0 Å². The highest BCUT2D eigenvalue weighted by molar-refractivity contribution is 7.49. The Morgan fingerprint density at radius 3 is 1.65 bits per heavy atom. The van der Waals surface area contributed by atoms with E-state index >= 15 is 0 Å². The topological polar surface area (TPSA) is 137 Å². The molecular formula is C52H73O14PSi. The maximum absolute atomic E-state index is 14.2. The number of hydrogen-bond acceptors (Lipinski definition) is 14.